The number of benzene rings is 2. The first-order valence-electron chi connectivity index (χ1n) is 12.2. The minimum Gasteiger partial charge on any atom is -0.382 e. The Kier molecular flexibility index (Phi) is 7.47. The lowest BCUT2D eigenvalue weighted by Gasteiger charge is -2.21. The number of alkyl halides is 1. The van der Waals surface area contributed by atoms with Crippen LogP contribution in [-0.2, 0) is 6.67 Å². The fourth-order valence-electron chi connectivity index (χ4n) is 4.26. The average Bonchev–Trinajstić information content (AvgIpc) is 3.14. The Morgan fingerprint density at radius 1 is 1.08 bits per heavy atom. The van der Waals surface area contributed by atoms with Crippen molar-refractivity contribution < 1.29 is 9.18 Å². The zero-order valence-electron chi connectivity index (χ0n) is 20.8. The van der Waals surface area contributed by atoms with Crippen molar-refractivity contribution in [2.45, 2.75) is 13.1 Å². The van der Waals surface area contributed by atoms with Gasteiger partial charge in [-0.3, -0.25) is 4.79 Å². The molecule has 196 valence electrons. The van der Waals surface area contributed by atoms with Crippen LogP contribution >= 0.6 is 11.6 Å². The number of hydrogen-bond acceptors (Lipinski definition) is 9. The lowest BCUT2D eigenvalue weighted by Crippen LogP contribution is -2.30. The van der Waals surface area contributed by atoms with Gasteiger partial charge in [0, 0.05) is 30.9 Å². The van der Waals surface area contributed by atoms with Crippen LogP contribution < -0.4 is 21.3 Å². The van der Waals surface area contributed by atoms with Crippen molar-refractivity contribution in [3.63, 3.8) is 0 Å². The highest BCUT2D eigenvalue weighted by Gasteiger charge is 2.19. The number of nitrogen functional groups attached to an aromatic ring is 1. The number of carbonyl (C=O) groups excluding carboxylic acids is 1. The molecule has 3 heterocycles. The van der Waals surface area contributed by atoms with E-state index in [1.165, 1.54) is 6.33 Å². The SMILES string of the molecule is CN1CCCN(c2nc(N)c3ncnc(Nc4cc(C(=O)Nc5cccc(CF)c5)ccc4Cl)c3n2)CC1. The predicted molar refractivity (Wildman–Crippen MR) is 148 cm³/mol. The van der Waals surface area contributed by atoms with Gasteiger partial charge in [0.25, 0.3) is 5.91 Å². The van der Waals surface area contributed by atoms with Crippen LogP contribution in [0.25, 0.3) is 11.0 Å². The Balaban J connectivity index is 1.44. The van der Waals surface area contributed by atoms with Gasteiger partial charge in [0.1, 0.15) is 24.0 Å². The number of nitrogens with zero attached hydrogens (tertiary/aromatic N) is 6. The van der Waals surface area contributed by atoms with Crippen molar-refractivity contribution in [2.24, 2.45) is 0 Å². The molecular formula is C26H27ClFN9O. The van der Waals surface area contributed by atoms with Crippen LogP contribution in [0.3, 0.4) is 0 Å². The molecular weight excluding hydrogens is 509 g/mol. The lowest BCUT2D eigenvalue weighted by molar-refractivity contribution is 0.102. The third kappa shape index (κ3) is 5.58. The minimum absolute atomic E-state index is 0.253. The molecule has 1 aliphatic rings. The average molecular weight is 536 g/mol. The number of carbonyl (C=O) groups is 1. The van der Waals surface area contributed by atoms with Gasteiger partial charge in [0.15, 0.2) is 11.6 Å². The summed E-state index contributed by atoms with van der Waals surface area (Å²) in [5, 5.41) is 6.35. The molecule has 12 heteroatoms. The molecule has 1 saturated heterocycles. The van der Waals surface area contributed by atoms with Crippen LogP contribution in [0.4, 0.5) is 33.3 Å². The molecule has 10 nitrogen and oxygen atoms in total. The molecule has 38 heavy (non-hydrogen) atoms. The number of likely N-dealkylation sites (N-methyl/N-ethyl adjacent to an activating group) is 1. The Morgan fingerprint density at radius 2 is 1.95 bits per heavy atom. The van der Waals surface area contributed by atoms with Crippen molar-refractivity contribution in [2.75, 3.05) is 54.5 Å². The van der Waals surface area contributed by atoms with Gasteiger partial charge in [-0.05, 0) is 55.9 Å². The zero-order valence-corrected chi connectivity index (χ0v) is 21.5. The quantitative estimate of drug-likeness (QED) is 0.332. The summed E-state index contributed by atoms with van der Waals surface area (Å²) in [5.41, 5.74) is 8.91. The molecule has 5 rings (SSSR count). The summed E-state index contributed by atoms with van der Waals surface area (Å²) in [6, 6.07) is 11.5. The first kappa shape index (κ1) is 25.6. The maximum absolute atomic E-state index is 13.0. The van der Waals surface area contributed by atoms with Crippen molar-refractivity contribution in [3.05, 3.63) is 64.9 Å². The summed E-state index contributed by atoms with van der Waals surface area (Å²) in [6.45, 7) is 2.85. The summed E-state index contributed by atoms with van der Waals surface area (Å²) in [6.07, 6.45) is 2.35. The van der Waals surface area contributed by atoms with Crippen LogP contribution in [0.1, 0.15) is 22.3 Å². The number of fused-ring (bicyclic) bond motifs is 1. The van der Waals surface area contributed by atoms with Gasteiger partial charge < -0.3 is 26.2 Å². The number of amides is 1. The maximum atomic E-state index is 13.0. The smallest absolute Gasteiger partial charge is 0.255 e. The number of anilines is 5. The fourth-order valence-corrected chi connectivity index (χ4v) is 4.43. The molecule has 2 aromatic carbocycles. The van der Waals surface area contributed by atoms with Gasteiger partial charge in [-0.25, -0.2) is 19.3 Å². The van der Waals surface area contributed by atoms with Gasteiger partial charge in [0.2, 0.25) is 5.95 Å². The topological polar surface area (TPSA) is 125 Å². The van der Waals surface area contributed by atoms with E-state index in [-0.39, 0.29) is 11.7 Å². The third-order valence-corrected chi connectivity index (χ3v) is 6.65. The first-order chi connectivity index (χ1) is 18.4. The second kappa shape index (κ2) is 11.1. The molecule has 0 spiro atoms. The molecule has 4 aromatic rings. The molecule has 1 aliphatic heterocycles. The highest BCUT2D eigenvalue weighted by Crippen LogP contribution is 2.30. The van der Waals surface area contributed by atoms with Crippen molar-refractivity contribution in [1.82, 2.24) is 24.8 Å². The van der Waals surface area contributed by atoms with Crippen LogP contribution in [0.15, 0.2) is 48.8 Å². The van der Waals surface area contributed by atoms with E-state index in [1.807, 2.05) is 0 Å². The number of rotatable bonds is 6. The molecule has 1 amide bonds. The number of nitrogens with one attached hydrogen (secondary N) is 2. The second-order valence-corrected chi connectivity index (χ2v) is 9.49. The van der Waals surface area contributed by atoms with Gasteiger partial charge in [-0.1, -0.05) is 23.7 Å². The van der Waals surface area contributed by atoms with E-state index in [1.54, 1.807) is 42.5 Å². The molecule has 0 aliphatic carbocycles. The molecule has 1 fully saturated rings. The van der Waals surface area contributed by atoms with E-state index in [2.05, 4.69) is 42.4 Å². The number of halogens is 2. The second-order valence-electron chi connectivity index (χ2n) is 9.08. The summed E-state index contributed by atoms with van der Waals surface area (Å²) >= 11 is 6.47. The van der Waals surface area contributed by atoms with E-state index in [4.69, 9.17) is 22.3 Å². The van der Waals surface area contributed by atoms with Gasteiger partial charge in [-0.2, -0.15) is 4.98 Å². The summed E-state index contributed by atoms with van der Waals surface area (Å²) in [7, 11) is 2.09. The van der Waals surface area contributed by atoms with E-state index in [0.29, 0.717) is 50.3 Å². The van der Waals surface area contributed by atoms with Crippen LogP contribution in [0.2, 0.25) is 5.02 Å². The molecule has 0 radical (unpaired) electrons. The van der Waals surface area contributed by atoms with E-state index in [0.717, 1.165) is 32.6 Å². The summed E-state index contributed by atoms with van der Waals surface area (Å²) < 4.78 is 13.0. The normalized spacial score (nSPS) is 14.3. The highest BCUT2D eigenvalue weighted by molar-refractivity contribution is 6.33. The largest absolute Gasteiger partial charge is 0.382 e. The molecule has 0 unspecified atom stereocenters. The first-order valence-corrected chi connectivity index (χ1v) is 12.5. The van der Waals surface area contributed by atoms with Crippen molar-refractivity contribution in [1.29, 1.82) is 0 Å². The fraction of sp³-hybridized carbons (Fsp3) is 0.269. The van der Waals surface area contributed by atoms with Crippen LogP contribution in [0.5, 0.6) is 0 Å². The molecule has 0 bridgehead atoms. The molecule has 4 N–H and O–H groups in total. The number of hydrogen-bond donors (Lipinski definition) is 3. The Hall–Kier alpha value is -4.09. The number of nitrogens with two attached hydrogens (primary N) is 1. The monoisotopic (exact) mass is 535 g/mol. The molecule has 2 aromatic heterocycles. The van der Waals surface area contributed by atoms with Crippen LogP contribution in [0, 0.1) is 0 Å². The van der Waals surface area contributed by atoms with Gasteiger partial charge in [-0.15, -0.1) is 0 Å². The minimum atomic E-state index is -0.615. The van der Waals surface area contributed by atoms with E-state index in [9.17, 15) is 9.18 Å². The summed E-state index contributed by atoms with van der Waals surface area (Å²) in [5.74, 6) is 0.779. The van der Waals surface area contributed by atoms with Crippen LogP contribution in [-0.4, -0.2) is 64.0 Å². The summed E-state index contributed by atoms with van der Waals surface area (Å²) in [4.78, 5) is 35.2. The lowest BCUT2D eigenvalue weighted by atomic mass is 10.1. The van der Waals surface area contributed by atoms with E-state index >= 15 is 0 Å². The highest BCUT2D eigenvalue weighted by atomic mass is 35.5. The standard InChI is InChI=1S/C26H27ClFN9O/c1-36-8-3-9-37(11-10-36)26-34-22-21(23(29)35-26)30-15-31-24(22)33-20-13-17(6-7-19(20)27)25(38)32-18-5-2-4-16(12-18)14-28/h2,4-7,12-13,15H,3,8-11,14H2,1H3,(H,32,38)(H2,29,34,35)(H,30,31,33). The van der Waals surface area contributed by atoms with Crippen molar-refractivity contribution in [3.8, 4) is 0 Å². The van der Waals surface area contributed by atoms with Gasteiger partial charge in [0.05, 0.1) is 10.7 Å². The Labute approximate surface area is 224 Å². The molecule has 0 saturated carbocycles. The Bertz CT molecular complexity index is 1480. The predicted octanol–water partition coefficient (Wildman–Crippen LogP) is 4.26. The maximum Gasteiger partial charge on any atom is 0.255 e. The van der Waals surface area contributed by atoms with E-state index < -0.39 is 6.67 Å². The zero-order chi connectivity index (χ0) is 26.6. The third-order valence-electron chi connectivity index (χ3n) is 6.32. The van der Waals surface area contributed by atoms with Crippen molar-refractivity contribution >= 4 is 57.5 Å². The van der Waals surface area contributed by atoms with Gasteiger partial charge >= 0.3 is 0 Å². The number of aromatic nitrogens is 4. The molecule has 0 atom stereocenters. The Morgan fingerprint density at radius 3 is 2.79 bits per heavy atom.